The summed E-state index contributed by atoms with van der Waals surface area (Å²) in [5, 5.41) is 6.06. The SMILES string of the molecule is CC1(C)CNC(=O)c2cc(-c3ccnc(NCc4ccco4)n3)[nH]c21. The van der Waals surface area contributed by atoms with Crippen molar-refractivity contribution in [2.75, 3.05) is 11.9 Å². The van der Waals surface area contributed by atoms with Crippen molar-refractivity contribution in [3.8, 4) is 11.4 Å². The summed E-state index contributed by atoms with van der Waals surface area (Å²) in [5.74, 6) is 1.26. The molecule has 3 aromatic heterocycles. The molecule has 0 fully saturated rings. The summed E-state index contributed by atoms with van der Waals surface area (Å²) in [6, 6.07) is 7.39. The Morgan fingerprint density at radius 1 is 1.36 bits per heavy atom. The average Bonchev–Trinajstić information content (AvgIpc) is 3.27. The highest BCUT2D eigenvalue weighted by atomic mass is 16.3. The van der Waals surface area contributed by atoms with Crippen molar-refractivity contribution in [3.63, 3.8) is 0 Å². The summed E-state index contributed by atoms with van der Waals surface area (Å²) in [7, 11) is 0. The number of fused-ring (bicyclic) bond motifs is 1. The van der Waals surface area contributed by atoms with Crippen molar-refractivity contribution < 1.29 is 9.21 Å². The summed E-state index contributed by atoms with van der Waals surface area (Å²) in [4.78, 5) is 24.3. The van der Waals surface area contributed by atoms with Gasteiger partial charge in [-0.15, -0.1) is 0 Å². The Hall–Kier alpha value is -3.09. The number of hydrogen-bond acceptors (Lipinski definition) is 5. The number of H-pyrrole nitrogens is 1. The maximum atomic E-state index is 12.1. The van der Waals surface area contributed by atoms with Gasteiger partial charge in [-0.05, 0) is 24.3 Å². The van der Waals surface area contributed by atoms with E-state index in [1.165, 1.54) is 0 Å². The van der Waals surface area contributed by atoms with Gasteiger partial charge in [-0.2, -0.15) is 0 Å². The first-order chi connectivity index (χ1) is 12.0. The zero-order valence-corrected chi connectivity index (χ0v) is 14.1. The van der Waals surface area contributed by atoms with Gasteiger partial charge in [0.05, 0.1) is 29.8 Å². The summed E-state index contributed by atoms with van der Waals surface area (Å²) >= 11 is 0. The first-order valence-corrected chi connectivity index (χ1v) is 8.14. The molecule has 7 nitrogen and oxygen atoms in total. The second-order valence-corrected chi connectivity index (χ2v) is 6.74. The van der Waals surface area contributed by atoms with Crippen LogP contribution >= 0.6 is 0 Å². The van der Waals surface area contributed by atoms with Gasteiger partial charge in [0.15, 0.2) is 0 Å². The fourth-order valence-electron chi connectivity index (χ4n) is 2.96. The van der Waals surface area contributed by atoms with Crippen LogP contribution in [0.15, 0.2) is 41.1 Å². The van der Waals surface area contributed by atoms with Gasteiger partial charge in [0.25, 0.3) is 5.91 Å². The standard InChI is InChI=1S/C18H19N5O2/c1-18(2)10-21-16(24)12-8-14(22-15(12)18)13-5-6-19-17(23-13)20-9-11-4-3-7-25-11/h3-8,22H,9-10H2,1-2H3,(H,21,24)(H,19,20,23). The minimum atomic E-state index is -0.144. The molecule has 0 saturated carbocycles. The number of aromatic amines is 1. The quantitative estimate of drug-likeness (QED) is 0.680. The van der Waals surface area contributed by atoms with E-state index < -0.39 is 0 Å². The van der Waals surface area contributed by atoms with E-state index in [9.17, 15) is 4.79 Å². The molecule has 1 aliphatic heterocycles. The van der Waals surface area contributed by atoms with E-state index in [0.717, 1.165) is 22.8 Å². The maximum Gasteiger partial charge on any atom is 0.253 e. The van der Waals surface area contributed by atoms with Gasteiger partial charge in [-0.3, -0.25) is 4.79 Å². The molecule has 0 aromatic carbocycles. The van der Waals surface area contributed by atoms with Crippen molar-refractivity contribution >= 4 is 11.9 Å². The smallest absolute Gasteiger partial charge is 0.253 e. The predicted octanol–water partition coefficient (Wildman–Crippen LogP) is 2.70. The number of carbonyl (C=O) groups is 1. The lowest BCUT2D eigenvalue weighted by Crippen LogP contribution is -2.43. The number of amides is 1. The first kappa shape index (κ1) is 15.4. The highest BCUT2D eigenvalue weighted by molar-refractivity contribution is 5.98. The fraction of sp³-hybridized carbons (Fsp3) is 0.278. The number of carbonyl (C=O) groups excluding carboxylic acids is 1. The van der Waals surface area contributed by atoms with Gasteiger partial charge in [0.1, 0.15) is 5.76 Å². The monoisotopic (exact) mass is 337 g/mol. The molecule has 0 atom stereocenters. The molecular weight excluding hydrogens is 318 g/mol. The minimum absolute atomic E-state index is 0.0537. The van der Waals surface area contributed by atoms with Gasteiger partial charge in [-0.1, -0.05) is 13.8 Å². The minimum Gasteiger partial charge on any atom is -0.467 e. The Labute approximate surface area is 144 Å². The maximum absolute atomic E-state index is 12.1. The van der Waals surface area contributed by atoms with Crippen LogP contribution in [0.25, 0.3) is 11.4 Å². The molecule has 0 spiro atoms. The van der Waals surface area contributed by atoms with Crippen LogP contribution in [-0.2, 0) is 12.0 Å². The Balaban J connectivity index is 1.62. The van der Waals surface area contributed by atoms with Gasteiger partial charge < -0.3 is 20.0 Å². The van der Waals surface area contributed by atoms with Gasteiger partial charge in [-0.25, -0.2) is 9.97 Å². The van der Waals surface area contributed by atoms with Gasteiger partial charge in [0.2, 0.25) is 5.95 Å². The summed E-state index contributed by atoms with van der Waals surface area (Å²) in [6.07, 6.45) is 3.32. The highest BCUT2D eigenvalue weighted by Gasteiger charge is 2.33. The van der Waals surface area contributed by atoms with Gasteiger partial charge in [0, 0.05) is 23.9 Å². The molecule has 3 N–H and O–H groups in total. The lowest BCUT2D eigenvalue weighted by Gasteiger charge is -2.29. The fourth-order valence-corrected chi connectivity index (χ4v) is 2.96. The molecule has 0 radical (unpaired) electrons. The third-order valence-corrected chi connectivity index (χ3v) is 4.36. The Kier molecular flexibility index (Phi) is 3.56. The number of rotatable bonds is 4. The van der Waals surface area contributed by atoms with E-state index in [-0.39, 0.29) is 11.3 Å². The van der Waals surface area contributed by atoms with E-state index in [4.69, 9.17) is 4.42 Å². The lowest BCUT2D eigenvalue weighted by atomic mass is 9.84. The van der Waals surface area contributed by atoms with E-state index in [2.05, 4.69) is 39.4 Å². The first-order valence-electron chi connectivity index (χ1n) is 8.14. The van der Waals surface area contributed by atoms with Crippen LogP contribution in [0.5, 0.6) is 0 Å². The summed E-state index contributed by atoms with van der Waals surface area (Å²) in [6.45, 7) is 5.31. The number of anilines is 1. The molecule has 0 saturated heterocycles. The average molecular weight is 337 g/mol. The Bertz CT molecular complexity index is 911. The van der Waals surface area contributed by atoms with Gasteiger partial charge >= 0.3 is 0 Å². The van der Waals surface area contributed by atoms with Crippen LogP contribution in [0.3, 0.4) is 0 Å². The zero-order chi connectivity index (χ0) is 17.4. The second kappa shape index (κ2) is 5.77. The third-order valence-electron chi connectivity index (χ3n) is 4.36. The van der Waals surface area contributed by atoms with E-state index in [1.54, 1.807) is 12.5 Å². The molecular formula is C18H19N5O2. The number of nitrogens with one attached hydrogen (secondary N) is 3. The molecule has 25 heavy (non-hydrogen) atoms. The Morgan fingerprint density at radius 3 is 3.00 bits per heavy atom. The van der Waals surface area contributed by atoms with Crippen molar-refractivity contribution in [1.82, 2.24) is 20.3 Å². The molecule has 7 heteroatoms. The number of nitrogens with zero attached hydrogens (tertiary/aromatic N) is 2. The second-order valence-electron chi connectivity index (χ2n) is 6.74. The predicted molar refractivity (Wildman–Crippen MR) is 93.2 cm³/mol. The van der Waals surface area contributed by atoms with Crippen LogP contribution in [-0.4, -0.2) is 27.4 Å². The van der Waals surface area contributed by atoms with Crippen molar-refractivity contribution in [3.05, 3.63) is 53.7 Å². The molecule has 4 rings (SSSR count). The zero-order valence-electron chi connectivity index (χ0n) is 14.1. The topological polar surface area (TPSA) is 95.8 Å². The van der Waals surface area contributed by atoms with Crippen LogP contribution in [0.1, 0.15) is 35.7 Å². The molecule has 0 bridgehead atoms. The lowest BCUT2D eigenvalue weighted by molar-refractivity contribution is 0.0929. The van der Waals surface area contributed by atoms with Crippen LogP contribution in [0, 0.1) is 0 Å². The molecule has 1 aliphatic rings. The summed E-state index contributed by atoms with van der Waals surface area (Å²) < 4.78 is 5.29. The molecule has 1 amide bonds. The van der Waals surface area contributed by atoms with Crippen LogP contribution in [0.2, 0.25) is 0 Å². The summed E-state index contributed by atoms with van der Waals surface area (Å²) in [5.41, 5.74) is 3.01. The highest BCUT2D eigenvalue weighted by Crippen LogP contribution is 2.32. The normalized spacial score (nSPS) is 15.5. The third kappa shape index (κ3) is 2.88. The Morgan fingerprint density at radius 2 is 2.24 bits per heavy atom. The number of hydrogen-bond donors (Lipinski definition) is 3. The molecule has 0 unspecified atom stereocenters. The molecule has 3 aromatic rings. The number of aromatic nitrogens is 3. The van der Waals surface area contributed by atoms with Crippen molar-refractivity contribution in [2.45, 2.75) is 25.8 Å². The van der Waals surface area contributed by atoms with E-state index in [1.807, 2.05) is 24.3 Å². The van der Waals surface area contributed by atoms with Crippen molar-refractivity contribution in [2.24, 2.45) is 0 Å². The van der Waals surface area contributed by atoms with E-state index >= 15 is 0 Å². The van der Waals surface area contributed by atoms with Crippen LogP contribution < -0.4 is 10.6 Å². The largest absolute Gasteiger partial charge is 0.467 e. The molecule has 4 heterocycles. The van der Waals surface area contributed by atoms with Crippen LogP contribution in [0.4, 0.5) is 5.95 Å². The van der Waals surface area contributed by atoms with E-state index in [0.29, 0.717) is 24.6 Å². The number of furan rings is 1. The van der Waals surface area contributed by atoms with Crippen molar-refractivity contribution in [1.29, 1.82) is 0 Å². The molecule has 128 valence electrons. The molecule has 0 aliphatic carbocycles.